The largest absolute Gasteiger partial charge is 0.378 e. The molecule has 0 aromatic heterocycles. The molecule has 1 N–H and O–H groups in total. The summed E-state index contributed by atoms with van der Waals surface area (Å²) in [5.41, 5.74) is 4.10. The van der Waals surface area contributed by atoms with Gasteiger partial charge in [0, 0.05) is 18.8 Å². The zero-order chi connectivity index (χ0) is 19.1. The molecule has 0 unspecified atom stereocenters. The topological polar surface area (TPSA) is 53.9 Å². The molecule has 0 radical (unpaired) electrons. The Hall–Kier alpha value is -2.31. The molecule has 1 heterocycles. The number of carbonyl (C=O) groups is 1. The van der Waals surface area contributed by atoms with Crippen molar-refractivity contribution in [2.24, 2.45) is 4.99 Å². The molecular weight excluding hydrogens is 358 g/mol. The molecule has 142 valence electrons. The predicted molar refractivity (Wildman–Crippen MR) is 113 cm³/mol. The van der Waals surface area contributed by atoms with Crippen molar-refractivity contribution in [3.8, 4) is 0 Å². The lowest BCUT2D eigenvalue weighted by atomic mass is 10.1. The normalized spacial score (nSPS) is 14.9. The van der Waals surface area contributed by atoms with Gasteiger partial charge in [0.1, 0.15) is 0 Å². The number of rotatable bonds is 4. The van der Waals surface area contributed by atoms with E-state index in [4.69, 9.17) is 9.73 Å². The second-order valence-electron chi connectivity index (χ2n) is 6.47. The number of aryl methyl sites for hydroxylation is 2. The number of benzene rings is 2. The van der Waals surface area contributed by atoms with E-state index in [9.17, 15) is 4.79 Å². The maximum absolute atomic E-state index is 12.4. The molecule has 1 aliphatic heterocycles. The minimum absolute atomic E-state index is 0.0303. The van der Waals surface area contributed by atoms with Gasteiger partial charge < -0.3 is 15.0 Å². The maximum atomic E-state index is 12.4. The molecule has 5 nitrogen and oxygen atoms in total. The standard InChI is InChI=1S/C21H25N3O2S/c1-16-8-9-19(14-17(16)2)22-20(25)15-27-21(24-10-12-26-13-11-24)23-18-6-4-3-5-7-18/h3-9,14H,10-13,15H2,1-2H3,(H,22,25). The highest BCUT2D eigenvalue weighted by atomic mass is 32.2. The third-order valence-corrected chi connectivity index (χ3v) is 5.40. The van der Waals surface area contributed by atoms with Crippen LogP contribution in [0.1, 0.15) is 11.1 Å². The fourth-order valence-electron chi connectivity index (χ4n) is 2.71. The Kier molecular flexibility index (Phi) is 6.90. The lowest BCUT2D eigenvalue weighted by Crippen LogP contribution is -2.39. The van der Waals surface area contributed by atoms with Crippen molar-refractivity contribution in [1.29, 1.82) is 0 Å². The van der Waals surface area contributed by atoms with Crippen LogP contribution in [-0.2, 0) is 9.53 Å². The fraction of sp³-hybridized carbons (Fsp3) is 0.333. The number of morpholine rings is 1. The van der Waals surface area contributed by atoms with Crippen LogP contribution in [0.15, 0.2) is 53.5 Å². The number of amides is 1. The molecule has 3 rings (SSSR count). The molecule has 0 aliphatic carbocycles. The average Bonchev–Trinajstić information content (AvgIpc) is 2.69. The third-order valence-electron chi connectivity index (χ3n) is 4.39. The van der Waals surface area contributed by atoms with Crippen LogP contribution in [0.2, 0.25) is 0 Å². The van der Waals surface area contributed by atoms with Crippen LogP contribution in [0.3, 0.4) is 0 Å². The molecule has 1 aliphatic rings. The SMILES string of the molecule is Cc1ccc(NC(=O)CSC(=Nc2ccccc2)N2CCOCC2)cc1C. The molecule has 0 saturated carbocycles. The lowest BCUT2D eigenvalue weighted by molar-refractivity contribution is -0.113. The molecule has 0 bridgehead atoms. The molecule has 2 aromatic carbocycles. The number of nitrogens with zero attached hydrogens (tertiary/aromatic N) is 2. The van der Waals surface area contributed by atoms with Gasteiger partial charge in [0.25, 0.3) is 0 Å². The number of ether oxygens (including phenoxy) is 1. The summed E-state index contributed by atoms with van der Waals surface area (Å²) in [6, 6.07) is 15.8. The fourth-order valence-corrected chi connectivity index (χ4v) is 3.58. The number of carbonyl (C=O) groups excluding carboxylic acids is 1. The van der Waals surface area contributed by atoms with Crippen LogP contribution < -0.4 is 5.32 Å². The summed E-state index contributed by atoms with van der Waals surface area (Å²) >= 11 is 1.47. The van der Waals surface area contributed by atoms with Gasteiger partial charge in [-0.05, 0) is 49.2 Å². The number of aliphatic imine (C=N–C) groups is 1. The van der Waals surface area contributed by atoms with Crippen molar-refractivity contribution in [3.05, 3.63) is 59.7 Å². The van der Waals surface area contributed by atoms with E-state index >= 15 is 0 Å². The van der Waals surface area contributed by atoms with Crippen molar-refractivity contribution in [2.45, 2.75) is 13.8 Å². The molecule has 0 spiro atoms. The zero-order valence-electron chi connectivity index (χ0n) is 15.8. The lowest BCUT2D eigenvalue weighted by Gasteiger charge is -2.29. The number of para-hydroxylation sites is 1. The number of hydrogen-bond acceptors (Lipinski definition) is 4. The number of thioether (sulfide) groups is 1. The first-order valence-electron chi connectivity index (χ1n) is 9.08. The summed E-state index contributed by atoms with van der Waals surface area (Å²) in [5, 5.41) is 3.84. The summed E-state index contributed by atoms with van der Waals surface area (Å²) in [7, 11) is 0. The van der Waals surface area contributed by atoms with Crippen molar-refractivity contribution in [3.63, 3.8) is 0 Å². The van der Waals surface area contributed by atoms with E-state index in [1.165, 1.54) is 22.9 Å². The zero-order valence-corrected chi connectivity index (χ0v) is 16.6. The van der Waals surface area contributed by atoms with Crippen LogP contribution in [0.5, 0.6) is 0 Å². The highest BCUT2D eigenvalue weighted by Gasteiger charge is 2.17. The molecular formula is C21H25N3O2S. The molecule has 1 amide bonds. The van der Waals surface area contributed by atoms with Gasteiger partial charge in [-0.25, -0.2) is 4.99 Å². The smallest absolute Gasteiger partial charge is 0.234 e. The second kappa shape index (κ2) is 9.58. The van der Waals surface area contributed by atoms with Gasteiger partial charge in [0.05, 0.1) is 24.7 Å². The summed E-state index contributed by atoms with van der Waals surface area (Å²) in [5.74, 6) is 0.285. The van der Waals surface area contributed by atoms with Crippen molar-refractivity contribution in [1.82, 2.24) is 4.90 Å². The Balaban J connectivity index is 1.65. The van der Waals surface area contributed by atoms with Crippen LogP contribution in [0.4, 0.5) is 11.4 Å². The minimum Gasteiger partial charge on any atom is -0.378 e. The highest BCUT2D eigenvalue weighted by Crippen LogP contribution is 2.19. The van der Waals surface area contributed by atoms with Gasteiger partial charge in [-0.15, -0.1) is 0 Å². The van der Waals surface area contributed by atoms with Gasteiger partial charge in [0.2, 0.25) is 5.91 Å². The number of anilines is 1. The number of amidine groups is 1. The van der Waals surface area contributed by atoms with Crippen LogP contribution in [0, 0.1) is 13.8 Å². The molecule has 1 saturated heterocycles. The van der Waals surface area contributed by atoms with E-state index in [0.29, 0.717) is 19.0 Å². The van der Waals surface area contributed by atoms with E-state index in [-0.39, 0.29) is 5.91 Å². The maximum Gasteiger partial charge on any atom is 0.234 e. The van der Waals surface area contributed by atoms with E-state index in [0.717, 1.165) is 29.6 Å². The summed E-state index contributed by atoms with van der Waals surface area (Å²) in [6.07, 6.45) is 0. The average molecular weight is 384 g/mol. The van der Waals surface area contributed by atoms with Gasteiger partial charge in [0.15, 0.2) is 5.17 Å². The van der Waals surface area contributed by atoms with Gasteiger partial charge in [-0.1, -0.05) is 36.0 Å². The second-order valence-corrected chi connectivity index (χ2v) is 7.41. The summed E-state index contributed by atoms with van der Waals surface area (Å²) in [4.78, 5) is 19.4. The van der Waals surface area contributed by atoms with Crippen molar-refractivity contribution >= 4 is 34.2 Å². The minimum atomic E-state index is -0.0303. The monoisotopic (exact) mass is 383 g/mol. The van der Waals surface area contributed by atoms with Gasteiger partial charge in [-0.3, -0.25) is 4.79 Å². The Morgan fingerprint density at radius 3 is 2.56 bits per heavy atom. The summed E-state index contributed by atoms with van der Waals surface area (Å²) < 4.78 is 5.44. The molecule has 6 heteroatoms. The van der Waals surface area contributed by atoms with E-state index < -0.39 is 0 Å². The van der Waals surface area contributed by atoms with Crippen LogP contribution in [-0.4, -0.2) is 48.0 Å². The Labute approximate surface area is 164 Å². The Bertz CT molecular complexity index is 802. The highest BCUT2D eigenvalue weighted by molar-refractivity contribution is 8.14. The molecule has 2 aromatic rings. The number of nitrogens with one attached hydrogen (secondary N) is 1. The first-order valence-corrected chi connectivity index (χ1v) is 10.1. The van der Waals surface area contributed by atoms with Crippen LogP contribution >= 0.6 is 11.8 Å². The predicted octanol–water partition coefficient (Wildman–Crippen LogP) is 4.00. The van der Waals surface area contributed by atoms with Gasteiger partial charge >= 0.3 is 0 Å². The van der Waals surface area contributed by atoms with E-state index in [1.807, 2.05) is 55.5 Å². The van der Waals surface area contributed by atoms with Crippen molar-refractivity contribution in [2.75, 3.05) is 37.4 Å². The first kappa shape index (κ1) is 19.5. The molecule has 27 heavy (non-hydrogen) atoms. The Morgan fingerprint density at radius 2 is 1.85 bits per heavy atom. The van der Waals surface area contributed by atoms with E-state index in [1.54, 1.807) is 0 Å². The quantitative estimate of drug-likeness (QED) is 0.641. The molecule has 1 fully saturated rings. The van der Waals surface area contributed by atoms with Crippen LogP contribution in [0.25, 0.3) is 0 Å². The van der Waals surface area contributed by atoms with Crippen molar-refractivity contribution < 1.29 is 9.53 Å². The molecule has 0 atom stereocenters. The third kappa shape index (κ3) is 5.84. The first-order chi connectivity index (χ1) is 13.1. The summed E-state index contributed by atoms with van der Waals surface area (Å²) in [6.45, 7) is 7.05. The Morgan fingerprint density at radius 1 is 1.11 bits per heavy atom. The van der Waals surface area contributed by atoms with E-state index in [2.05, 4.69) is 17.1 Å². The van der Waals surface area contributed by atoms with Gasteiger partial charge in [-0.2, -0.15) is 0 Å². The number of hydrogen-bond donors (Lipinski definition) is 1.